The Balaban J connectivity index is 1.66. The molecule has 2 aliphatic heterocycles. The zero-order valence-corrected chi connectivity index (χ0v) is 19.6. The molecule has 0 atom stereocenters. The van der Waals surface area contributed by atoms with Crippen LogP contribution in [0.3, 0.4) is 0 Å². The molecule has 0 bridgehead atoms. The molecule has 7 heteroatoms. The molecule has 1 aromatic carbocycles. The molecule has 1 aromatic rings. The summed E-state index contributed by atoms with van der Waals surface area (Å²) in [6.45, 7) is 13.5. The van der Waals surface area contributed by atoms with Gasteiger partial charge in [-0.3, -0.25) is 9.08 Å². The summed E-state index contributed by atoms with van der Waals surface area (Å²) in [5.41, 5.74) is 0.335. The number of hydrogen-bond donors (Lipinski definition) is 0. The predicted octanol–water partition coefficient (Wildman–Crippen LogP) is 3.73. The summed E-state index contributed by atoms with van der Waals surface area (Å²) in [4.78, 5) is 2.54. The number of likely N-dealkylation sites (tertiary alicyclic amines) is 1. The van der Waals surface area contributed by atoms with Gasteiger partial charge in [-0.15, -0.1) is 0 Å². The Hall–Kier alpha value is -0.990. The monoisotopic (exact) mass is 425 g/mol. The topological polar surface area (TPSA) is 65.1 Å². The number of nitrogens with zero attached hydrogens (tertiary/aromatic N) is 1. The van der Waals surface area contributed by atoms with Crippen molar-refractivity contribution < 1.29 is 22.1 Å². The van der Waals surface area contributed by atoms with Gasteiger partial charge in [0.1, 0.15) is 0 Å². The van der Waals surface area contributed by atoms with Crippen LogP contribution in [0.25, 0.3) is 0 Å². The molecule has 0 aromatic heterocycles. The molecule has 6 nitrogen and oxygen atoms in total. The van der Waals surface area contributed by atoms with E-state index in [1.165, 1.54) is 0 Å². The first-order valence-corrected chi connectivity index (χ1v) is 11.6. The normalized spacial score (nSPS) is 25.8. The van der Waals surface area contributed by atoms with E-state index in [0.717, 1.165) is 18.4 Å². The molecule has 0 aliphatic carbocycles. The number of rotatable bonds is 4. The number of benzene rings is 1. The summed E-state index contributed by atoms with van der Waals surface area (Å²) in [6, 6.07) is 6.66. The largest absolute Gasteiger partial charge is 0.349 e. The van der Waals surface area contributed by atoms with E-state index in [0.29, 0.717) is 13.2 Å². The van der Waals surface area contributed by atoms with Crippen LogP contribution < -0.4 is 0 Å². The molecule has 164 valence electrons. The number of piperidine rings is 1. The Labute approximate surface area is 175 Å². The highest BCUT2D eigenvalue weighted by Crippen LogP contribution is 2.47. The van der Waals surface area contributed by atoms with E-state index in [9.17, 15) is 8.42 Å². The molecule has 3 rings (SSSR count). The van der Waals surface area contributed by atoms with Crippen molar-refractivity contribution in [3.05, 3.63) is 29.8 Å². The summed E-state index contributed by atoms with van der Waals surface area (Å²) >= 11 is 0. The second kappa shape index (κ2) is 7.31. The first kappa shape index (κ1) is 22.7. The lowest BCUT2D eigenvalue weighted by atomic mass is 9.75. The van der Waals surface area contributed by atoms with E-state index < -0.39 is 21.3 Å². The highest BCUT2D eigenvalue weighted by molar-refractivity contribution is 7.86. The van der Waals surface area contributed by atoms with Crippen molar-refractivity contribution in [2.45, 2.75) is 76.1 Å². The van der Waals surface area contributed by atoms with E-state index in [4.69, 9.17) is 13.7 Å². The van der Waals surface area contributed by atoms with Gasteiger partial charge in [-0.25, -0.2) is 0 Å². The predicted molar refractivity (Wildman–Crippen MR) is 112 cm³/mol. The fourth-order valence-corrected chi connectivity index (χ4v) is 5.46. The molecule has 0 radical (unpaired) electrons. The first-order valence-electron chi connectivity index (χ1n) is 10.2. The van der Waals surface area contributed by atoms with Gasteiger partial charge in [0.15, 0.2) is 5.79 Å². The van der Waals surface area contributed by atoms with Crippen LogP contribution in [0.5, 0.6) is 0 Å². The Kier molecular flexibility index (Phi) is 5.72. The highest BCUT2D eigenvalue weighted by Gasteiger charge is 2.55. The van der Waals surface area contributed by atoms with Crippen LogP contribution in [0.15, 0.2) is 29.2 Å². The SMILES string of the molecule is Cc1ccc(S(=O)(=O)OCC2(C)COC3(CC(C)(C)N(C)C(C)(C)C3)OC2)cc1. The number of aryl methyl sites for hydroxylation is 1. The average molecular weight is 426 g/mol. The zero-order valence-electron chi connectivity index (χ0n) is 18.7. The Morgan fingerprint density at radius 2 is 1.45 bits per heavy atom. The van der Waals surface area contributed by atoms with Crippen molar-refractivity contribution in [2.75, 3.05) is 26.9 Å². The lowest BCUT2D eigenvalue weighted by molar-refractivity contribution is -0.340. The zero-order chi connectivity index (χ0) is 21.7. The molecular formula is C22H35NO5S. The summed E-state index contributed by atoms with van der Waals surface area (Å²) in [5, 5.41) is 0. The molecule has 29 heavy (non-hydrogen) atoms. The molecule has 0 amide bonds. The van der Waals surface area contributed by atoms with Crippen LogP contribution >= 0.6 is 0 Å². The van der Waals surface area contributed by atoms with Gasteiger partial charge < -0.3 is 9.47 Å². The van der Waals surface area contributed by atoms with Crippen LogP contribution in [0.2, 0.25) is 0 Å². The lowest BCUT2D eigenvalue weighted by Gasteiger charge is -2.59. The second-order valence-electron chi connectivity index (χ2n) is 10.4. The van der Waals surface area contributed by atoms with Gasteiger partial charge in [-0.05, 0) is 53.8 Å². The molecule has 2 fully saturated rings. The minimum absolute atomic E-state index is 0.0198. The van der Waals surface area contributed by atoms with Crippen LogP contribution in [0.1, 0.15) is 53.0 Å². The van der Waals surface area contributed by atoms with Crippen molar-refractivity contribution in [2.24, 2.45) is 5.41 Å². The van der Waals surface area contributed by atoms with Gasteiger partial charge >= 0.3 is 0 Å². The fourth-order valence-electron chi connectivity index (χ4n) is 4.41. The maximum absolute atomic E-state index is 12.5. The van der Waals surface area contributed by atoms with E-state index in [1.807, 2.05) is 13.8 Å². The number of ether oxygens (including phenoxy) is 2. The fraction of sp³-hybridized carbons (Fsp3) is 0.727. The molecule has 1 spiro atoms. The average Bonchev–Trinajstić information content (AvgIpc) is 2.61. The molecular weight excluding hydrogens is 390 g/mol. The van der Waals surface area contributed by atoms with Crippen molar-refractivity contribution in [1.82, 2.24) is 4.90 Å². The Bertz CT molecular complexity index is 816. The third kappa shape index (κ3) is 4.69. The van der Waals surface area contributed by atoms with Crippen LogP contribution in [0.4, 0.5) is 0 Å². The van der Waals surface area contributed by atoms with Gasteiger partial charge in [-0.2, -0.15) is 8.42 Å². The minimum Gasteiger partial charge on any atom is -0.349 e. The third-order valence-corrected chi connectivity index (χ3v) is 7.74. The van der Waals surface area contributed by atoms with E-state index in [1.54, 1.807) is 24.3 Å². The highest BCUT2D eigenvalue weighted by atomic mass is 32.2. The van der Waals surface area contributed by atoms with Gasteiger partial charge in [-0.1, -0.05) is 24.6 Å². The standard InChI is InChI=1S/C22H35NO5S/c1-17-8-10-18(11-9-17)29(24,25)28-16-21(6)14-26-22(27-15-21)12-19(2,3)23(7)20(4,5)13-22/h8-11H,12-16H2,1-7H3. The maximum Gasteiger partial charge on any atom is 0.296 e. The molecule has 2 saturated heterocycles. The number of hydrogen-bond acceptors (Lipinski definition) is 6. The van der Waals surface area contributed by atoms with Crippen LogP contribution in [0, 0.1) is 12.3 Å². The molecule has 0 N–H and O–H groups in total. The van der Waals surface area contributed by atoms with E-state index >= 15 is 0 Å². The smallest absolute Gasteiger partial charge is 0.296 e. The van der Waals surface area contributed by atoms with Gasteiger partial charge in [0.2, 0.25) is 0 Å². The molecule has 2 aliphatic rings. The third-order valence-electron chi connectivity index (χ3n) is 6.46. The Morgan fingerprint density at radius 1 is 0.966 bits per heavy atom. The van der Waals surface area contributed by atoms with Crippen molar-refractivity contribution in [3.63, 3.8) is 0 Å². The van der Waals surface area contributed by atoms with E-state index in [-0.39, 0.29) is 22.6 Å². The van der Waals surface area contributed by atoms with Crippen LogP contribution in [-0.4, -0.2) is 57.1 Å². The first-order chi connectivity index (χ1) is 13.2. The molecule has 0 unspecified atom stereocenters. The quantitative estimate of drug-likeness (QED) is 0.685. The lowest BCUT2D eigenvalue weighted by Crippen LogP contribution is -2.67. The van der Waals surface area contributed by atoms with Crippen LogP contribution in [-0.2, 0) is 23.8 Å². The van der Waals surface area contributed by atoms with E-state index in [2.05, 4.69) is 39.6 Å². The van der Waals surface area contributed by atoms with Gasteiger partial charge in [0.05, 0.1) is 24.7 Å². The molecule has 0 saturated carbocycles. The summed E-state index contributed by atoms with van der Waals surface area (Å²) in [7, 11) is -1.67. The van der Waals surface area contributed by atoms with Gasteiger partial charge in [0, 0.05) is 29.3 Å². The Morgan fingerprint density at radius 3 is 1.93 bits per heavy atom. The summed E-state index contributed by atoms with van der Waals surface area (Å²) in [5.74, 6) is -0.644. The minimum atomic E-state index is -3.81. The summed E-state index contributed by atoms with van der Waals surface area (Å²) in [6.07, 6.45) is 1.52. The van der Waals surface area contributed by atoms with Crippen molar-refractivity contribution in [3.8, 4) is 0 Å². The summed E-state index contributed by atoms with van der Waals surface area (Å²) < 4.78 is 43.0. The second-order valence-corrected chi connectivity index (χ2v) is 12.0. The maximum atomic E-state index is 12.5. The van der Waals surface area contributed by atoms with Crippen molar-refractivity contribution in [1.29, 1.82) is 0 Å². The van der Waals surface area contributed by atoms with Gasteiger partial charge in [0.25, 0.3) is 10.1 Å². The van der Waals surface area contributed by atoms with Crippen molar-refractivity contribution >= 4 is 10.1 Å². The molecule has 2 heterocycles.